The van der Waals surface area contributed by atoms with Crippen LogP contribution >= 0.6 is 0 Å². The first-order chi connectivity index (χ1) is 12.3. The highest BCUT2D eigenvalue weighted by molar-refractivity contribution is 5.91. The molecule has 1 aliphatic heterocycles. The molecule has 1 saturated heterocycles. The van der Waals surface area contributed by atoms with Gasteiger partial charge in [-0.1, -0.05) is 0 Å². The molecule has 10 heteroatoms. The number of amides is 2. The van der Waals surface area contributed by atoms with Gasteiger partial charge in [-0.05, 0) is 31.0 Å². The van der Waals surface area contributed by atoms with Gasteiger partial charge in [-0.15, -0.1) is 0 Å². The lowest BCUT2D eigenvalue weighted by Crippen LogP contribution is -2.47. The first-order valence-electron chi connectivity index (χ1n) is 8.06. The fourth-order valence-corrected chi connectivity index (χ4v) is 2.80. The molecule has 0 atom stereocenters. The lowest BCUT2D eigenvalue weighted by Gasteiger charge is -2.31. The number of piperidine rings is 1. The number of nitrogens with one attached hydrogen (secondary N) is 1. The van der Waals surface area contributed by atoms with Crippen LogP contribution in [0, 0.1) is 0 Å². The first kappa shape index (κ1) is 18.0. The fourth-order valence-electron chi connectivity index (χ4n) is 2.80. The number of furan rings is 1. The molecule has 0 aromatic carbocycles. The van der Waals surface area contributed by atoms with Crippen LogP contribution in [0.25, 0.3) is 0 Å². The average Bonchev–Trinajstić information content (AvgIpc) is 3.26. The maximum Gasteiger partial charge on any atom is 0.435 e. The Morgan fingerprint density at radius 1 is 1.27 bits per heavy atom. The zero-order valence-electron chi connectivity index (χ0n) is 13.7. The number of halogens is 3. The number of hydrogen-bond donors (Lipinski definition) is 1. The van der Waals surface area contributed by atoms with Gasteiger partial charge in [-0.2, -0.15) is 18.3 Å². The second-order valence-corrected chi connectivity index (χ2v) is 6.01. The Morgan fingerprint density at radius 2 is 2.00 bits per heavy atom. The Morgan fingerprint density at radius 3 is 2.58 bits per heavy atom. The van der Waals surface area contributed by atoms with Crippen molar-refractivity contribution in [3.8, 4) is 0 Å². The zero-order chi connectivity index (χ0) is 18.7. The van der Waals surface area contributed by atoms with Crippen LogP contribution in [0.1, 0.15) is 29.1 Å². The van der Waals surface area contributed by atoms with Gasteiger partial charge in [0.1, 0.15) is 6.54 Å². The van der Waals surface area contributed by atoms with Crippen molar-refractivity contribution < 1.29 is 27.2 Å². The Hall–Kier alpha value is -2.78. The monoisotopic (exact) mass is 370 g/mol. The van der Waals surface area contributed by atoms with Crippen molar-refractivity contribution in [1.29, 1.82) is 0 Å². The third-order valence-electron chi connectivity index (χ3n) is 4.12. The van der Waals surface area contributed by atoms with Gasteiger partial charge in [0, 0.05) is 25.3 Å². The highest BCUT2D eigenvalue weighted by Crippen LogP contribution is 2.27. The van der Waals surface area contributed by atoms with Gasteiger partial charge in [0.15, 0.2) is 11.5 Å². The number of carbonyl (C=O) groups is 2. The summed E-state index contributed by atoms with van der Waals surface area (Å²) in [7, 11) is 0. The van der Waals surface area contributed by atoms with Crippen molar-refractivity contribution in [3.05, 3.63) is 42.1 Å². The maximum absolute atomic E-state index is 12.5. The van der Waals surface area contributed by atoms with Crippen LogP contribution in [0.15, 0.2) is 35.1 Å². The molecular weight excluding hydrogens is 353 g/mol. The number of nitrogens with zero attached hydrogens (tertiary/aromatic N) is 3. The minimum absolute atomic E-state index is 0.138. The van der Waals surface area contributed by atoms with Crippen molar-refractivity contribution in [2.45, 2.75) is 31.6 Å². The Bertz CT molecular complexity index is 762. The van der Waals surface area contributed by atoms with Crippen LogP contribution in [0.4, 0.5) is 13.2 Å². The number of aromatic nitrogens is 2. The lowest BCUT2D eigenvalue weighted by atomic mass is 10.0. The molecule has 2 aromatic rings. The molecule has 0 unspecified atom stereocenters. The van der Waals surface area contributed by atoms with E-state index in [1.807, 2.05) is 0 Å². The molecule has 2 amide bonds. The molecule has 0 saturated carbocycles. The summed E-state index contributed by atoms with van der Waals surface area (Å²) in [6.07, 6.45) is -0.863. The molecule has 1 fully saturated rings. The quantitative estimate of drug-likeness (QED) is 0.892. The maximum atomic E-state index is 12.5. The van der Waals surface area contributed by atoms with Crippen LogP contribution < -0.4 is 5.32 Å². The van der Waals surface area contributed by atoms with E-state index in [1.165, 1.54) is 6.26 Å². The molecule has 0 bridgehead atoms. The van der Waals surface area contributed by atoms with E-state index in [4.69, 9.17) is 4.42 Å². The van der Waals surface area contributed by atoms with Crippen molar-refractivity contribution in [3.63, 3.8) is 0 Å². The van der Waals surface area contributed by atoms with E-state index < -0.39 is 17.8 Å². The standard InChI is InChI=1S/C16H17F3N4O3/c17-16(18,19)13-5-8-23(21-13)10-14(24)20-11-3-6-22(7-4-11)15(25)12-2-1-9-26-12/h1-2,5,8-9,11H,3-4,6-7,10H2,(H,20,24). The van der Waals surface area contributed by atoms with E-state index in [-0.39, 0.29) is 24.3 Å². The summed E-state index contributed by atoms with van der Waals surface area (Å²) in [5.74, 6) is -0.347. The number of alkyl halides is 3. The normalized spacial score (nSPS) is 15.9. The van der Waals surface area contributed by atoms with E-state index >= 15 is 0 Å². The van der Waals surface area contributed by atoms with Gasteiger partial charge < -0.3 is 14.6 Å². The third-order valence-corrected chi connectivity index (χ3v) is 4.12. The summed E-state index contributed by atoms with van der Waals surface area (Å²) in [5.41, 5.74) is -1.03. The van der Waals surface area contributed by atoms with Crippen LogP contribution in [0.2, 0.25) is 0 Å². The van der Waals surface area contributed by atoms with E-state index in [1.54, 1.807) is 17.0 Å². The van der Waals surface area contributed by atoms with Gasteiger partial charge in [0.2, 0.25) is 5.91 Å². The largest absolute Gasteiger partial charge is 0.459 e. The number of hydrogen-bond acceptors (Lipinski definition) is 4. The molecule has 26 heavy (non-hydrogen) atoms. The van der Waals surface area contributed by atoms with Crippen LogP contribution in [-0.2, 0) is 17.5 Å². The highest BCUT2D eigenvalue weighted by atomic mass is 19.4. The molecule has 0 aliphatic carbocycles. The molecule has 3 heterocycles. The molecule has 1 N–H and O–H groups in total. The summed E-state index contributed by atoms with van der Waals surface area (Å²) in [6.45, 7) is 0.635. The Labute approximate surface area is 146 Å². The molecule has 7 nitrogen and oxygen atoms in total. The topological polar surface area (TPSA) is 80.4 Å². The van der Waals surface area contributed by atoms with Gasteiger partial charge in [0.25, 0.3) is 5.91 Å². The van der Waals surface area contributed by atoms with E-state index in [0.29, 0.717) is 25.9 Å². The predicted molar refractivity (Wildman–Crippen MR) is 83.0 cm³/mol. The van der Waals surface area contributed by atoms with Crippen LogP contribution in [0.5, 0.6) is 0 Å². The highest BCUT2D eigenvalue weighted by Gasteiger charge is 2.33. The van der Waals surface area contributed by atoms with Crippen LogP contribution in [0.3, 0.4) is 0 Å². The van der Waals surface area contributed by atoms with Gasteiger partial charge in [-0.25, -0.2) is 0 Å². The molecule has 140 valence electrons. The summed E-state index contributed by atoms with van der Waals surface area (Å²) >= 11 is 0. The number of likely N-dealkylation sites (tertiary alicyclic amines) is 1. The fraction of sp³-hybridized carbons (Fsp3) is 0.438. The van der Waals surface area contributed by atoms with E-state index in [0.717, 1.165) is 16.9 Å². The smallest absolute Gasteiger partial charge is 0.435 e. The van der Waals surface area contributed by atoms with Gasteiger partial charge in [0.05, 0.1) is 6.26 Å². The molecule has 0 spiro atoms. The van der Waals surface area contributed by atoms with Crippen molar-refractivity contribution in [1.82, 2.24) is 20.0 Å². The minimum Gasteiger partial charge on any atom is -0.459 e. The second-order valence-electron chi connectivity index (χ2n) is 6.01. The molecule has 1 aliphatic rings. The van der Waals surface area contributed by atoms with Gasteiger partial charge >= 0.3 is 6.18 Å². The lowest BCUT2D eigenvalue weighted by molar-refractivity contribution is -0.141. The number of carbonyl (C=O) groups excluding carboxylic acids is 2. The zero-order valence-corrected chi connectivity index (χ0v) is 13.7. The summed E-state index contributed by atoms with van der Waals surface area (Å²) in [4.78, 5) is 25.8. The van der Waals surface area contributed by atoms with E-state index in [9.17, 15) is 22.8 Å². The van der Waals surface area contributed by atoms with Crippen molar-refractivity contribution >= 4 is 11.8 Å². The molecule has 0 radical (unpaired) electrons. The summed E-state index contributed by atoms with van der Waals surface area (Å²) in [5, 5.41) is 6.11. The van der Waals surface area contributed by atoms with Gasteiger partial charge in [-0.3, -0.25) is 14.3 Å². The van der Waals surface area contributed by atoms with Crippen molar-refractivity contribution in [2.75, 3.05) is 13.1 Å². The Balaban J connectivity index is 1.46. The van der Waals surface area contributed by atoms with Crippen LogP contribution in [-0.4, -0.2) is 45.6 Å². The van der Waals surface area contributed by atoms with E-state index in [2.05, 4.69) is 10.4 Å². The molecular formula is C16H17F3N4O3. The predicted octanol–water partition coefficient (Wildman–Crippen LogP) is 1.92. The third kappa shape index (κ3) is 4.24. The van der Waals surface area contributed by atoms with Crippen molar-refractivity contribution in [2.24, 2.45) is 0 Å². The Kier molecular flexibility index (Phi) is 5.01. The summed E-state index contributed by atoms with van der Waals surface area (Å²) < 4.78 is 43.5. The molecule has 2 aromatic heterocycles. The first-order valence-corrected chi connectivity index (χ1v) is 8.06. The summed E-state index contributed by atoms with van der Waals surface area (Å²) in [6, 6.07) is 3.92. The second kappa shape index (κ2) is 7.22. The number of rotatable bonds is 4. The average molecular weight is 370 g/mol. The molecule has 3 rings (SSSR count). The minimum atomic E-state index is -4.53. The SMILES string of the molecule is O=C(Cn1ccc(C(F)(F)F)n1)NC1CCN(C(=O)c2ccco2)CC1.